The van der Waals surface area contributed by atoms with Gasteiger partial charge in [-0.05, 0) is 18.9 Å². The van der Waals surface area contributed by atoms with Gasteiger partial charge < -0.3 is 10.1 Å². The molecule has 1 aliphatic heterocycles. The van der Waals surface area contributed by atoms with Crippen molar-refractivity contribution in [2.45, 2.75) is 38.6 Å². The Balaban J connectivity index is 1.71. The van der Waals surface area contributed by atoms with Crippen molar-refractivity contribution >= 4 is 23.3 Å². The number of hydrogen-bond donors (Lipinski definition) is 1. The van der Waals surface area contributed by atoms with Crippen LogP contribution in [0, 0.1) is 11.8 Å². The molecule has 3 atom stereocenters. The number of carbonyl (C=O) groups is 2. The zero-order chi connectivity index (χ0) is 15.7. The number of nitrogens with one attached hydrogen (secondary N) is 1. The number of para-hydroxylation sites is 1. The van der Waals surface area contributed by atoms with Crippen molar-refractivity contribution in [3.8, 4) is 5.75 Å². The van der Waals surface area contributed by atoms with Crippen molar-refractivity contribution in [3.05, 3.63) is 28.8 Å². The normalized spacial score (nSPS) is 27.7. The third kappa shape index (κ3) is 2.98. The first kappa shape index (κ1) is 15.3. The fraction of sp³-hybridized carbons (Fsp3) is 0.529. The Hall–Kier alpha value is -1.55. The highest BCUT2D eigenvalue weighted by molar-refractivity contribution is 6.32. The van der Waals surface area contributed by atoms with Crippen molar-refractivity contribution < 1.29 is 14.3 Å². The van der Waals surface area contributed by atoms with Crippen LogP contribution in [0.25, 0.3) is 0 Å². The van der Waals surface area contributed by atoms with E-state index in [4.69, 9.17) is 16.3 Å². The largest absolute Gasteiger partial charge is 0.492 e. The van der Waals surface area contributed by atoms with E-state index in [0.717, 1.165) is 12.0 Å². The second-order valence-electron chi connectivity index (χ2n) is 6.20. The third-order valence-electron chi connectivity index (χ3n) is 4.64. The van der Waals surface area contributed by atoms with Crippen LogP contribution >= 0.6 is 11.6 Å². The van der Waals surface area contributed by atoms with Crippen LogP contribution in [0.2, 0.25) is 5.02 Å². The van der Waals surface area contributed by atoms with Gasteiger partial charge in [0.05, 0.1) is 17.7 Å². The van der Waals surface area contributed by atoms with E-state index >= 15 is 0 Å². The van der Waals surface area contributed by atoms with Gasteiger partial charge in [-0.3, -0.25) is 9.59 Å². The second kappa shape index (κ2) is 6.29. The maximum Gasteiger partial charge on any atom is 0.223 e. The summed E-state index contributed by atoms with van der Waals surface area (Å²) < 4.78 is 5.61. The molecule has 0 bridgehead atoms. The maximum atomic E-state index is 12.5. The second-order valence-corrected chi connectivity index (χ2v) is 6.60. The highest BCUT2D eigenvalue weighted by Gasteiger charge is 2.32. The average Bonchev–Trinajstić information content (AvgIpc) is 2.51. The third-order valence-corrected chi connectivity index (χ3v) is 4.94. The smallest absolute Gasteiger partial charge is 0.223 e. The molecule has 1 saturated carbocycles. The molecular weight excluding hydrogens is 302 g/mol. The number of benzene rings is 1. The first-order valence-electron chi connectivity index (χ1n) is 7.80. The summed E-state index contributed by atoms with van der Waals surface area (Å²) in [6, 6.07) is 5.54. The predicted octanol–water partition coefficient (Wildman–Crippen LogP) is 3.29. The van der Waals surface area contributed by atoms with E-state index in [-0.39, 0.29) is 29.6 Å². The lowest BCUT2D eigenvalue weighted by Crippen LogP contribution is -2.39. The fourth-order valence-electron chi connectivity index (χ4n) is 3.30. The molecule has 5 heteroatoms. The maximum absolute atomic E-state index is 12.5. The van der Waals surface area contributed by atoms with E-state index in [0.29, 0.717) is 36.6 Å². The summed E-state index contributed by atoms with van der Waals surface area (Å²) in [6.07, 6.45) is 2.55. The average molecular weight is 322 g/mol. The number of rotatable bonds is 2. The first-order chi connectivity index (χ1) is 10.6. The molecule has 4 nitrogen and oxygen atoms in total. The Kier molecular flexibility index (Phi) is 4.39. The van der Waals surface area contributed by atoms with Crippen molar-refractivity contribution in [2.24, 2.45) is 11.8 Å². The molecule has 0 radical (unpaired) electrons. The van der Waals surface area contributed by atoms with Crippen molar-refractivity contribution in [3.63, 3.8) is 0 Å². The number of amides is 1. The standard InChI is InChI=1S/C17H20ClNO3/c1-10-9-11(5-6-15(10)20)17(21)19-14-7-8-22-16-12(14)3-2-4-13(16)18/h2-4,10-11,14H,5-9H2,1H3,(H,19,21)/t10-,11-,14-/m1/s1. The Bertz CT molecular complexity index is 602. The predicted molar refractivity (Wildman–Crippen MR) is 84.0 cm³/mol. The van der Waals surface area contributed by atoms with E-state index in [1.165, 1.54) is 0 Å². The molecule has 1 aromatic rings. The summed E-state index contributed by atoms with van der Waals surface area (Å²) in [5.41, 5.74) is 0.937. The van der Waals surface area contributed by atoms with Gasteiger partial charge in [-0.15, -0.1) is 0 Å². The topological polar surface area (TPSA) is 55.4 Å². The summed E-state index contributed by atoms with van der Waals surface area (Å²) in [5.74, 6) is 0.899. The van der Waals surface area contributed by atoms with Gasteiger partial charge in [0.15, 0.2) is 0 Å². The molecule has 3 rings (SSSR count). The van der Waals surface area contributed by atoms with Gasteiger partial charge in [-0.2, -0.15) is 0 Å². The Morgan fingerprint density at radius 3 is 2.95 bits per heavy atom. The summed E-state index contributed by atoms with van der Waals surface area (Å²) in [7, 11) is 0. The molecule has 0 unspecified atom stereocenters. The summed E-state index contributed by atoms with van der Waals surface area (Å²) in [5, 5.41) is 3.70. The van der Waals surface area contributed by atoms with Crippen LogP contribution < -0.4 is 10.1 Å². The van der Waals surface area contributed by atoms with Crippen LogP contribution in [0.4, 0.5) is 0 Å². The molecule has 22 heavy (non-hydrogen) atoms. The minimum Gasteiger partial charge on any atom is -0.492 e. The molecule has 118 valence electrons. The molecular formula is C17H20ClNO3. The molecule has 2 aliphatic rings. The van der Waals surface area contributed by atoms with Gasteiger partial charge in [-0.25, -0.2) is 0 Å². The first-order valence-corrected chi connectivity index (χ1v) is 8.18. The van der Waals surface area contributed by atoms with Gasteiger partial charge >= 0.3 is 0 Å². The fourth-order valence-corrected chi connectivity index (χ4v) is 3.54. The number of fused-ring (bicyclic) bond motifs is 1. The molecule has 1 N–H and O–H groups in total. The minimum atomic E-state index is -0.0711. The highest BCUT2D eigenvalue weighted by atomic mass is 35.5. The van der Waals surface area contributed by atoms with E-state index in [1.807, 2.05) is 19.1 Å². The van der Waals surface area contributed by atoms with Crippen LogP contribution in [0.1, 0.15) is 44.2 Å². The number of ether oxygens (including phenoxy) is 1. The molecule has 0 spiro atoms. The lowest BCUT2D eigenvalue weighted by atomic mass is 9.81. The lowest BCUT2D eigenvalue weighted by molar-refractivity contribution is -0.131. The van der Waals surface area contributed by atoms with E-state index in [1.54, 1.807) is 6.07 Å². The molecule has 1 aliphatic carbocycles. The number of halogens is 1. The van der Waals surface area contributed by atoms with Gasteiger partial charge in [0.1, 0.15) is 11.5 Å². The summed E-state index contributed by atoms with van der Waals surface area (Å²) in [6.45, 7) is 2.45. The number of ketones is 1. The quantitative estimate of drug-likeness (QED) is 0.909. The van der Waals surface area contributed by atoms with Crippen LogP contribution in [0.3, 0.4) is 0 Å². The molecule has 1 aromatic carbocycles. The molecule has 1 amide bonds. The van der Waals surface area contributed by atoms with Crippen LogP contribution in [-0.4, -0.2) is 18.3 Å². The number of hydrogen-bond acceptors (Lipinski definition) is 3. The van der Waals surface area contributed by atoms with E-state index in [2.05, 4.69) is 5.32 Å². The molecule has 0 aromatic heterocycles. The summed E-state index contributed by atoms with van der Waals surface area (Å²) in [4.78, 5) is 24.1. The van der Waals surface area contributed by atoms with Crippen LogP contribution in [0.5, 0.6) is 5.75 Å². The van der Waals surface area contributed by atoms with Gasteiger partial charge in [0, 0.05) is 30.2 Å². The molecule has 1 fully saturated rings. The van der Waals surface area contributed by atoms with Gasteiger partial charge in [0.25, 0.3) is 0 Å². The number of Topliss-reactive ketones (excluding diaryl/α,β-unsaturated/α-hetero) is 1. The SMILES string of the molecule is C[C@@H]1C[C@H](C(=O)N[C@@H]2CCOc3c(Cl)cccc32)CCC1=O. The highest BCUT2D eigenvalue weighted by Crippen LogP contribution is 2.38. The van der Waals surface area contributed by atoms with Crippen LogP contribution in [-0.2, 0) is 9.59 Å². The molecule has 1 heterocycles. The van der Waals surface area contributed by atoms with Crippen molar-refractivity contribution in [1.82, 2.24) is 5.32 Å². The van der Waals surface area contributed by atoms with Crippen molar-refractivity contribution in [1.29, 1.82) is 0 Å². The van der Waals surface area contributed by atoms with Gasteiger partial charge in [0.2, 0.25) is 5.91 Å². The van der Waals surface area contributed by atoms with Crippen LogP contribution in [0.15, 0.2) is 18.2 Å². The van der Waals surface area contributed by atoms with Crippen molar-refractivity contribution in [2.75, 3.05) is 6.61 Å². The van der Waals surface area contributed by atoms with Gasteiger partial charge in [-0.1, -0.05) is 30.7 Å². The zero-order valence-corrected chi connectivity index (χ0v) is 13.4. The Morgan fingerprint density at radius 2 is 2.18 bits per heavy atom. The Morgan fingerprint density at radius 1 is 1.36 bits per heavy atom. The zero-order valence-electron chi connectivity index (χ0n) is 12.6. The van der Waals surface area contributed by atoms with E-state index < -0.39 is 0 Å². The van der Waals surface area contributed by atoms with E-state index in [9.17, 15) is 9.59 Å². The monoisotopic (exact) mass is 321 g/mol. The summed E-state index contributed by atoms with van der Waals surface area (Å²) >= 11 is 6.15. The number of carbonyl (C=O) groups excluding carboxylic acids is 2. The molecule has 0 saturated heterocycles. The lowest BCUT2D eigenvalue weighted by Gasteiger charge is -2.30. The minimum absolute atomic E-state index is 0.0130. The Labute approximate surface area is 135 Å².